The molecule has 2 aromatic heterocycles. The third-order valence-electron chi connectivity index (χ3n) is 3.58. The van der Waals surface area contributed by atoms with Gasteiger partial charge in [-0.25, -0.2) is 4.98 Å². The third-order valence-corrected chi connectivity index (χ3v) is 3.58. The van der Waals surface area contributed by atoms with E-state index in [1.807, 2.05) is 12.3 Å². The summed E-state index contributed by atoms with van der Waals surface area (Å²) in [6.45, 7) is 6.23. The molecule has 0 N–H and O–H groups in total. The van der Waals surface area contributed by atoms with Crippen molar-refractivity contribution < 1.29 is 4.74 Å². The van der Waals surface area contributed by atoms with Crippen molar-refractivity contribution in [1.82, 2.24) is 9.38 Å². The average molecular weight is 266 g/mol. The third kappa shape index (κ3) is 1.95. The van der Waals surface area contributed by atoms with Crippen molar-refractivity contribution in [2.45, 2.75) is 20.8 Å². The van der Waals surface area contributed by atoms with Crippen LogP contribution in [0.2, 0.25) is 0 Å². The fourth-order valence-electron chi connectivity index (χ4n) is 2.70. The van der Waals surface area contributed by atoms with Gasteiger partial charge in [0.1, 0.15) is 11.4 Å². The van der Waals surface area contributed by atoms with E-state index in [1.54, 1.807) is 7.11 Å². The van der Waals surface area contributed by atoms with E-state index in [0.717, 1.165) is 28.2 Å². The molecule has 0 saturated heterocycles. The predicted molar refractivity (Wildman–Crippen MR) is 81.4 cm³/mol. The van der Waals surface area contributed by atoms with Gasteiger partial charge in [0.25, 0.3) is 0 Å². The molecule has 0 saturated carbocycles. The smallest absolute Gasteiger partial charge is 0.140 e. The fraction of sp³-hybridized carbons (Fsp3) is 0.235. The summed E-state index contributed by atoms with van der Waals surface area (Å²) in [5.41, 5.74) is 6.50. The normalized spacial score (nSPS) is 11.0. The predicted octanol–water partition coefficient (Wildman–Crippen LogP) is 3.94. The molecule has 3 aromatic rings. The van der Waals surface area contributed by atoms with Crippen LogP contribution in [0, 0.1) is 20.8 Å². The highest BCUT2D eigenvalue weighted by Crippen LogP contribution is 2.33. The van der Waals surface area contributed by atoms with Gasteiger partial charge in [-0.15, -0.1) is 0 Å². The molecule has 1 aromatic carbocycles. The molecular formula is C17H18N2O. The van der Waals surface area contributed by atoms with Gasteiger partial charge in [0.2, 0.25) is 0 Å². The zero-order valence-corrected chi connectivity index (χ0v) is 12.3. The molecule has 102 valence electrons. The second-order valence-corrected chi connectivity index (χ2v) is 5.21. The summed E-state index contributed by atoms with van der Waals surface area (Å²) in [4.78, 5) is 4.76. The molecule has 0 radical (unpaired) electrons. The van der Waals surface area contributed by atoms with Gasteiger partial charge in [-0.1, -0.05) is 12.1 Å². The number of methoxy groups -OCH3 is 1. The van der Waals surface area contributed by atoms with E-state index in [4.69, 9.17) is 9.72 Å². The molecule has 3 heteroatoms. The molecule has 0 fully saturated rings. The average Bonchev–Trinajstić information content (AvgIpc) is 2.83. The lowest BCUT2D eigenvalue weighted by molar-refractivity contribution is 0.413. The van der Waals surface area contributed by atoms with Crippen LogP contribution in [-0.2, 0) is 0 Å². The summed E-state index contributed by atoms with van der Waals surface area (Å²) in [6.07, 6.45) is 4.08. The van der Waals surface area contributed by atoms with Gasteiger partial charge in [0, 0.05) is 18.0 Å². The monoisotopic (exact) mass is 266 g/mol. The second kappa shape index (κ2) is 4.67. The Morgan fingerprint density at radius 2 is 1.90 bits per heavy atom. The number of nitrogens with zero attached hydrogens (tertiary/aromatic N) is 2. The number of pyridine rings is 1. The zero-order valence-electron chi connectivity index (χ0n) is 12.3. The maximum absolute atomic E-state index is 5.56. The molecule has 0 aliphatic rings. The van der Waals surface area contributed by atoms with E-state index < -0.39 is 0 Å². The first kappa shape index (κ1) is 12.7. The van der Waals surface area contributed by atoms with Crippen LogP contribution in [0.25, 0.3) is 16.9 Å². The number of rotatable bonds is 2. The van der Waals surface area contributed by atoms with Gasteiger partial charge >= 0.3 is 0 Å². The minimum atomic E-state index is 0.900. The van der Waals surface area contributed by atoms with E-state index >= 15 is 0 Å². The first-order valence-electron chi connectivity index (χ1n) is 6.70. The Morgan fingerprint density at radius 1 is 1.10 bits per heavy atom. The number of benzene rings is 1. The number of hydrogen-bond donors (Lipinski definition) is 0. The van der Waals surface area contributed by atoms with Gasteiger partial charge in [-0.2, -0.15) is 0 Å². The SMILES string of the molecule is COc1c(C)cc(C)cc1-c1cn2cccc(C)c2n1. The summed E-state index contributed by atoms with van der Waals surface area (Å²) in [5, 5.41) is 0. The minimum absolute atomic E-state index is 0.900. The fourth-order valence-corrected chi connectivity index (χ4v) is 2.70. The largest absolute Gasteiger partial charge is 0.496 e. The molecule has 0 amide bonds. The Labute approximate surface area is 118 Å². The van der Waals surface area contributed by atoms with Gasteiger partial charge in [-0.3, -0.25) is 0 Å². The Bertz CT molecular complexity index is 787. The molecular weight excluding hydrogens is 248 g/mol. The quantitative estimate of drug-likeness (QED) is 0.702. The summed E-state index contributed by atoms with van der Waals surface area (Å²) >= 11 is 0. The van der Waals surface area contributed by atoms with Crippen molar-refractivity contribution >= 4 is 5.65 Å². The summed E-state index contributed by atoms with van der Waals surface area (Å²) in [6, 6.07) is 8.36. The summed E-state index contributed by atoms with van der Waals surface area (Å²) in [7, 11) is 1.71. The standard InChI is InChI=1S/C17H18N2O/c1-11-8-13(3)16(20-4)14(9-11)15-10-19-7-5-6-12(2)17(19)18-15/h5-10H,1-4H3. The molecule has 0 aliphatic carbocycles. The lowest BCUT2D eigenvalue weighted by atomic mass is 10.0. The Kier molecular flexibility index (Phi) is 2.97. The highest BCUT2D eigenvalue weighted by Gasteiger charge is 2.13. The molecule has 0 bridgehead atoms. The number of hydrogen-bond acceptors (Lipinski definition) is 2. The number of aromatic nitrogens is 2. The van der Waals surface area contributed by atoms with Crippen LogP contribution in [0.3, 0.4) is 0 Å². The van der Waals surface area contributed by atoms with Gasteiger partial charge < -0.3 is 9.14 Å². The van der Waals surface area contributed by atoms with Crippen LogP contribution in [0.5, 0.6) is 5.75 Å². The maximum atomic E-state index is 5.56. The summed E-state index contributed by atoms with van der Waals surface area (Å²) in [5.74, 6) is 0.900. The van der Waals surface area contributed by atoms with E-state index in [9.17, 15) is 0 Å². The topological polar surface area (TPSA) is 26.5 Å². The number of fused-ring (bicyclic) bond motifs is 1. The highest BCUT2D eigenvalue weighted by molar-refractivity contribution is 5.72. The minimum Gasteiger partial charge on any atom is -0.496 e. The summed E-state index contributed by atoms with van der Waals surface area (Å²) < 4.78 is 7.62. The van der Waals surface area contributed by atoms with Crippen molar-refractivity contribution in [2.75, 3.05) is 7.11 Å². The van der Waals surface area contributed by atoms with Crippen LogP contribution in [-0.4, -0.2) is 16.5 Å². The molecule has 0 atom stereocenters. The molecule has 0 unspecified atom stereocenters. The molecule has 3 nitrogen and oxygen atoms in total. The molecule has 3 rings (SSSR count). The zero-order chi connectivity index (χ0) is 14.3. The van der Waals surface area contributed by atoms with E-state index in [2.05, 4.69) is 49.6 Å². The lowest BCUT2D eigenvalue weighted by Crippen LogP contribution is -1.93. The molecule has 20 heavy (non-hydrogen) atoms. The van der Waals surface area contributed by atoms with Crippen LogP contribution >= 0.6 is 0 Å². The second-order valence-electron chi connectivity index (χ2n) is 5.21. The van der Waals surface area contributed by atoms with Gasteiger partial charge in [0.15, 0.2) is 0 Å². The Balaban J connectivity index is 2.28. The van der Waals surface area contributed by atoms with Crippen molar-refractivity contribution in [3.63, 3.8) is 0 Å². The van der Waals surface area contributed by atoms with E-state index in [0.29, 0.717) is 0 Å². The first-order chi connectivity index (χ1) is 9.60. The highest BCUT2D eigenvalue weighted by atomic mass is 16.5. The van der Waals surface area contributed by atoms with Crippen LogP contribution in [0.1, 0.15) is 16.7 Å². The Hall–Kier alpha value is -2.29. The van der Waals surface area contributed by atoms with Crippen molar-refractivity contribution in [3.8, 4) is 17.0 Å². The van der Waals surface area contributed by atoms with Crippen molar-refractivity contribution in [2.24, 2.45) is 0 Å². The number of ether oxygens (including phenoxy) is 1. The van der Waals surface area contributed by atoms with Crippen molar-refractivity contribution in [3.05, 3.63) is 53.3 Å². The first-order valence-corrected chi connectivity index (χ1v) is 6.70. The lowest BCUT2D eigenvalue weighted by Gasteiger charge is -2.10. The van der Waals surface area contributed by atoms with Gasteiger partial charge in [0.05, 0.1) is 12.8 Å². The van der Waals surface area contributed by atoms with Crippen LogP contribution in [0.4, 0.5) is 0 Å². The molecule has 2 heterocycles. The maximum Gasteiger partial charge on any atom is 0.140 e. The van der Waals surface area contributed by atoms with Crippen LogP contribution < -0.4 is 4.74 Å². The Morgan fingerprint density at radius 3 is 2.60 bits per heavy atom. The molecule has 0 aliphatic heterocycles. The van der Waals surface area contributed by atoms with Crippen molar-refractivity contribution in [1.29, 1.82) is 0 Å². The van der Waals surface area contributed by atoms with Crippen LogP contribution in [0.15, 0.2) is 36.7 Å². The molecule has 0 spiro atoms. The van der Waals surface area contributed by atoms with E-state index in [-0.39, 0.29) is 0 Å². The van der Waals surface area contributed by atoms with Gasteiger partial charge in [-0.05, 0) is 49.6 Å². The number of imidazole rings is 1. The van der Waals surface area contributed by atoms with E-state index in [1.165, 1.54) is 11.1 Å². The number of aryl methyl sites for hydroxylation is 3.